The van der Waals surface area contributed by atoms with Gasteiger partial charge in [-0.05, 0) is 26.0 Å². The summed E-state index contributed by atoms with van der Waals surface area (Å²) >= 11 is 5.84. The zero-order valence-electron chi connectivity index (χ0n) is 9.98. The molecule has 0 spiro atoms. The molecule has 1 unspecified atom stereocenters. The first-order valence-electron chi connectivity index (χ1n) is 5.41. The lowest BCUT2D eigenvalue weighted by atomic mass is 10.2. The van der Waals surface area contributed by atoms with Gasteiger partial charge in [-0.25, -0.2) is 9.97 Å². The molecule has 0 radical (unpaired) electrons. The Hall–Kier alpha value is -1.88. The first-order valence-corrected chi connectivity index (χ1v) is 5.79. The molecular weight excluding hydrogens is 254 g/mol. The average Bonchev–Trinajstić information content (AvgIpc) is 2.76. The van der Waals surface area contributed by atoms with Gasteiger partial charge in [-0.3, -0.25) is 4.79 Å². The number of rotatable bonds is 3. The number of nitrogens with zero attached hydrogens (tertiary/aromatic N) is 2. The molecule has 2 aromatic heterocycles. The second kappa shape index (κ2) is 5.18. The highest BCUT2D eigenvalue weighted by atomic mass is 35.5. The molecule has 0 aliphatic carbocycles. The van der Waals surface area contributed by atoms with Crippen LogP contribution in [0.4, 0.5) is 0 Å². The van der Waals surface area contributed by atoms with E-state index in [0.29, 0.717) is 17.2 Å². The lowest BCUT2D eigenvalue weighted by molar-refractivity contribution is 0.0933. The molecule has 6 heteroatoms. The molecule has 18 heavy (non-hydrogen) atoms. The van der Waals surface area contributed by atoms with Gasteiger partial charge >= 0.3 is 0 Å². The number of pyridine rings is 1. The number of aryl methyl sites for hydroxylation is 1. The molecule has 0 aliphatic rings. The molecule has 0 bridgehead atoms. The number of nitrogens with one attached hydrogen (secondary N) is 1. The maximum atomic E-state index is 12.0. The summed E-state index contributed by atoms with van der Waals surface area (Å²) in [7, 11) is 0. The Kier molecular flexibility index (Phi) is 3.62. The third-order valence-electron chi connectivity index (χ3n) is 2.36. The summed E-state index contributed by atoms with van der Waals surface area (Å²) < 4.78 is 5.34. The summed E-state index contributed by atoms with van der Waals surface area (Å²) in [5.41, 5.74) is 0.328. The summed E-state index contributed by atoms with van der Waals surface area (Å²) in [5, 5.41) is 2.92. The first-order chi connectivity index (χ1) is 8.58. The number of hydrogen-bond donors (Lipinski definition) is 1. The highest BCUT2D eigenvalue weighted by Crippen LogP contribution is 2.15. The van der Waals surface area contributed by atoms with E-state index in [1.54, 1.807) is 32.2 Å². The molecular formula is C12H12ClN3O2. The zero-order valence-corrected chi connectivity index (χ0v) is 10.7. The van der Waals surface area contributed by atoms with Gasteiger partial charge in [-0.2, -0.15) is 0 Å². The quantitative estimate of drug-likeness (QED) is 0.866. The van der Waals surface area contributed by atoms with Crippen LogP contribution in [0.5, 0.6) is 0 Å². The molecule has 2 aromatic rings. The van der Waals surface area contributed by atoms with Crippen molar-refractivity contribution in [3.63, 3.8) is 0 Å². The van der Waals surface area contributed by atoms with Crippen LogP contribution < -0.4 is 5.32 Å². The zero-order chi connectivity index (χ0) is 13.1. The summed E-state index contributed by atoms with van der Waals surface area (Å²) in [6.45, 7) is 3.58. The van der Waals surface area contributed by atoms with Crippen LogP contribution in [0.1, 0.15) is 35.0 Å². The van der Waals surface area contributed by atoms with E-state index < -0.39 is 0 Å². The Morgan fingerprint density at radius 2 is 2.28 bits per heavy atom. The molecule has 1 N–H and O–H groups in total. The van der Waals surface area contributed by atoms with E-state index in [1.165, 1.54) is 6.20 Å². The predicted molar refractivity (Wildman–Crippen MR) is 66.4 cm³/mol. The molecule has 0 aliphatic heterocycles. The molecule has 2 rings (SSSR count). The van der Waals surface area contributed by atoms with Crippen molar-refractivity contribution < 1.29 is 9.21 Å². The van der Waals surface area contributed by atoms with Crippen molar-refractivity contribution in [3.8, 4) is 0 Å². The van der Waals surface area contributed by atoms with Crippen LogP contribution in [-0.4, -0.2) is 15.9 Å². The minimum Gasteiger partial charge on any atom is -0.444 e. The highest BCUT2D eigenvalue weighted by Gasteiger charge is 2.17. The van der Waals surface area contributed by atoms with Crippen LogP contribution in [0.2, 0.25) is 5.15 Å². The largest absolute Gasteiger partial charge is 0.444 e. The van der Waals surface area contributed by atoms with Gasteiger partial charge < -0.3 is 9.73 Å². The van der Waals surface area contributed by atoms with Gasteiger partial charge in [0.15, 0.2) is 0 Å². The predicted octanol–water partition coefficient (Wildman–Crippen LogP) is 2.52. The van der Waals surface area contributed by atoms with Crippen molar-refractivity contribution >= 4 is 17.5 Å². The third-order valence-corrected chi connectivity index (χ3v) is 2.66. The molecule has 5 nitrogen and oxygen atoms in total. The van der Waals surface area contributed by atoms with Gasteiger partial charge in [0.2, 0.25) is 5.89 Å². The second-order valence-electron chi connectivity index (χ2n) is 3.85. The Bertz CT molecular complexity index is 568. The normalized spacial score (nSPS) is 12.2. The van der Waals surface area contributed by atoms with Gasteiger partial charge in [0.25, 0.3) is 5.91 Å². The molecule has 2 heterocycles. The summed E-state index contributed by atoms with van der Waals surface area (Å²) in [6, 6.07) is 2.93. The van der Waals surface area contributed by atoms with E-state index in [0.717, 1.165) is 0 Å². The summed E-state index contributed by atoms with van der Waals surface area (Å²) in [5.74, 6) is 0.850. The van der Waals surface area contributed by atoms with E-state index in [9.17, 15) is 4.79 Å². The maximum Gasteiger partial charge on any atom is 0.255 e. The van der Waals surface area contributed by atoms with E-state index in [1.807, 2.05) is 0 Å². The maximum absolute atomic E-state index is 12.0. The fourth-order valence-corrected chi connectivity index (χ4v) is 1.67. The van der Waals surface area contributed by atoms with E-state index >= 15 is 0 Å². The van der Waals surface area contributed by atoms with Crippen LogP contribution in [-0.2, 0) is 0 Å². The van der Waals surface area contributed by atoms with E-state index in [2.05, 4.69) is 15.3 Å². The first kappa shape index (κ1) is 12.6. The van der Waals surface area contributed by atoms with Crippen molar-refractivity contribution in [2.45, 2.75) is 19.9 Å². The highest BCUT2D eigenvalue weighted by molar-refractivity contribution is 6.32. The van der Waals surface area contributed by atoms with Crippen molar-refractivity contribution in [2.24, 2.45) is 0 Å². The van der Waals surface area contributed by atoms with Gasteiger partial charge in [0.05, 0.1) is 11.8 Å². The molecule has 0 saturated carbocycles. The van der Waals surface area contributed by atoms with Crippen LogP contribution in [0.3, 0.4) is 0 Å². The minimum atomic E-state index is -0.331. The van der Waals surface area contributed by atoms with Crippen molar-refractivity contribution in [1.82, 2.24) is 15.3 Å². The molecule has 0 fully saturated rings. The number of carbonyl (C=O) groups is 1. The second-order valence-corrected chi connectivity index (χ2v) is 4.20. The Morgan fingerprint density at radius 1 is 1.50 bits per heavy atom. The van der Waals surface area contributed by atoms with Crippen LogP contribution in [0.15, 0.2) is 28.9 Å². The fourth-order valence-electron chi connectivity index (χ4n) is 1.46. The monoisotopic (exact) mass is 265 g/mol. The number of oxazole rings is 1. The van der Waals surface area contributed by atoms with Crippen molar-refractivity contribution in [3.05, 3.63) is 46.9 Å². The number of carbonyl (C=O) groups excluding carboxylic acids is 1. The minimum absolute atomic E-state index is 0.172. The number of aromatic nitrogens is 2. The summed E-state index contributed by atoms with van der Waals surface area (Å²) in [4.78, 5) is 19.9. The Balaban J connectivity index is 2.10. The molecule has 94 valence electrons. The van der Waals surface area contributed by atoms with E-state index in [4.69, 9.17) is 16.0 Å². The lowest BCUT2D eigenvalue weighted by Gasteiger charge is -2.10. The summed E-state index contributed by atoms with van der Waals surface area (Å²) in [6.07, 6.45) is 3.13. The SMILES string of the molecule is Cc1cnc(C(C)NC(=O)c2cccnc2Cl)o1. The van der Waals surface area contributed by atoms with Gasteiger partial charge in [0.1, 0.15) is 17.0 Å². The number of halogens is 1. The molecule has 0 saturated heterocycles. The van der Waals surface area contributed by atoms with Crippen molar-refractivity contribution in [2.75, 3.05) is 0 Å². The van der Waals surface area contributed by atoms with Crippen LogP contribution in [0, 0.1) is 6.92 Å². The Morgan fingerprint density at radius 3 is 2.89 bits per heavy atom. The molecule has 1 atom stereocenters. The van der Waals surface area contributed by atoms with Crippen LogP contribution >= 0.6 is 11.6 Å². The lowest BCUT2D eigenvalue weighted by Crippen LogP contribution is -2.27. The number of amides is 1. The van der Waals surface area contributed by atoms with E-state index in [-0.39, 0.29) is 17.1 Å². The van der Waals surface area contributed by atoms with Crippen molar-refractivity contribution in [1.29, 1.82) is 0 Å². The van der Waals surface area contributed by atoms with Gasteiger partial charge in [-0.15, -0.1) is 0 Å². The van der Waals surface area contributed by atoms with Gasteiger partial charge in [0, 0.05) is 6.20 Å². The smallest absolute Gasteiger partial charge is 0.255 e. The topological polar surface area (TPSA) is 68.0 Å². The average molecular weight is 266 g/mol. The van der Waals surface area contributed by atoms with Gasteiger partial charge in [-0.1, -0.05) is 11.6 Å². The fraction of sp³-hybridized carbons (Fsp3) is 0.250. The third kappa shape index (κ3) is 2.68. The number of hydrogen-bond acceptors (Lipinski definition) is 4. The molecule has 0 aromatic carbocycles. The molecule has 1 amide bonds. The standard InChI is InChI=1S/C12H12ClN3O2/c1-7-6-15-12(18-7)8(2)16-11(17)9-4-3-5-14-10(9)13/h3-6,8H,1-2H3,(H,16,17). The Labute approximate surface area is 109 Å². The van der Waals surface area contributed by atoms with Crippen LogP contribution in [0.25, 0.3) is 0 Å².